The molecule has 5 aromatic rings. The molecule has 3 aromatic heterocycles. The van der Waals surface area contributed by atoms with E-state index in [0.717, 1.165) is 22.2 Å². The first-order valence-electron chi connectivity index (χ1n) is 13.0. The van der Waals surface area contributed by atoms with Crippen molar-refractivity contribution in [3.05, 3.63) is 60.2 Å². The molecule has 0 radical (unpaired) electrons. The van der Waals surface area contributed by atoms with Crippen molar-refractivity contribution < 1.29 is 28.1 Å². The molecule has 10 nitrogen and oxygen atoms in total. The Morgan fingerprint density at radius 3 is 2.59 bits per heavy atom. The fraction of sp³-hybridized carbons (Fsp3) is 0.276. The van der Waals surface area contributed by atoms with Crippen LogP contribution in [0.4, 0.5) is 14.9 Å². The molecule has 1 aliphatic rings. The van der Waals surface area contributed by atoms with E-state index >= 15 is 4.39 Å². The fourth-order valence-corrected chi connectivity index (χ4v) is 5.82. The highest BCUT2D eigenvalue weighted by atomic mass is 32.1. The Morgan fingerprint density at radius 1 is 0.976 bits per heavy atom. The van der Waals surface area contributed by atoms with Gasteiger partial charge in [0.05, 0.1) is 53.6 Å². The van der Waals surface area contributed by atoms with Crippen molar-refractivity contribution in [3.63, 3.8) is 0 Å². The van der Waals surface area contributed by atoms with E-state index in [1.54, 1.807) is 31.5 Å². The topological polar surface area (TPSA) is 118 Å². The molecule has 12 heteroatoms. The predicted molar refractivity (Wildman–Crippen MR) is 152 cm³/mol. The van der Waals surface area contributed by atoms with Crippen LogP contribution in [0.25, 0.3) is 31.8 Å². The molecular formula is C29H26FN5O5S. The van der Waals surface area contributed by atoms with Gasteiger partial charge >= 0.3 is 6.09 Å². The second-order valence-electron chi connectivity index (χ2n) is 9.61. The highest BCUT2D eigenvalue weighted by molar-refractivity contribution is 7.21. The molecule has 0 saturated heterocycles. The Morgan fingerprint density at radius 2 is 1.80 bits per heavy atom. The molecule has 2 unspecified atom stereocenters. The Kier molecular flexibility index (Phi) is 7.23. The van der Waals surface area contributed by atoms with Crippen LogP contribution in [-0.2, 0) is 4.74 Å². The van der Waals surface area contributed by atoms with Crippen molar-refractivity contribution in [3.8, 4) is 28.1 Å². The van der Waals surface area contributed by atoms with Gasteiger partial charge in [-0.1, -0.05) is 0 Å². The number of rotatable bonds is 7. The average Bonchev–Trinajstić information content (AvgIpc) is 3.58. The summed E-state index contributed by atoms with van der Waals surface area (Å²) < 4.78 is 37.9. The first kappa shape index (κ1) is 26.6. The summed E-state index contributed by atoms with van der Waals surface area (Å²) in [7, 11) is 3.06. The van der Waals surface area contributed by atoms with Crippen molar-refractivity contribution >= 4 is 44.4 Å². The number of aromatic nitrogens is 4. The number of aryl methyl sites for hydroxylation is 1. The molecule has 41 heavy (non-hydrogen) atoms. The highest BCUT2D eigenvalue weighted by Gasteiger charge is 2.33. The summed E-state index contributed by atoms with van der Waals surface area (Å²) in [4.78, 5) is 30.3. The van der Waals surface area contributed by atoms with E-state index in [9.17, 15) is 4.79 Å². The van der Waals surface area contributed by atoms with Gasteiger partial charge in [-0.2, -0.15) is 0 Å². The molecule has 0 spiro atoms. The van der Waals surface area contributed by atoms with Crippen LogP contribution >= 0.6 is 11.3 Å². The summed E-state index contributed by atoms with van der Waals surface area (Å²) in [5.74, 6) is 0.410. The number of nitrogens with one attached hydrogen (secondary N) is 1. The number of hydrogen-bond donors (Lipinski definition) is 1. The third-order valence-corrected chi connectivity index (χ3v) is 7.82. The molecule has 1 amide bonds. The predicted octanol–water partition coefficient (Wildman–Crippen LogP) is 6.31. The van der Waals surface area contributed by atoms with Gasteiger partial charge < -0.3 is 18.9 Å². The number of carbonyl (C=O) groups is 1. The molecule has 0 bridgehead atoms. The second-order valence-corrected chi connectivity index (χ2v) is 10.6. The smallest absolute Gasteiger partial charge is 0.412 e. The van der Waals surface area contributed by atoms with Crippen LogP contribution < -0.4 is 19.5 Å². The van der Waals surface area contributed by atoms with Gasteiger partial charge in [0.15, 0.2) is 11.6 Å². The summed E-state index contributed by atoms with van der Waals surface area (Å²) >= 11 is 1.41. The molecule has 1 N–H and O–H groups in total. The Balaban J connectivity index is 1.21. The summed E-state index contributed by atoms with van der Waals surface area (Å²) in [6.45, 7) is 1.97. The zero-order valence-electron chi connectivity index (χ0n) is 22.5. The van der Waals surface area contributed by atoms with E-state index in [-0.39, 0.29) is 5.75 Å². The minimum absolute atomic E-state index is 0.0894. The van der Waals surface area contributed by atoms with E-state index in [2.05, 4.69) is 25.3 Å². The minimum atomic E-state index is -0.633. The monoisotopic (exact) mass is 575 g/mol. The van der Waals surface area contributed by atoms with Crippen LogP contribution in [0.15, 0.2) is 48.8 Å². The maximum absolute atomic E-state index is 15.2. The molecule has 0 aliphatic heterocycles. The van der Waals surface area contributed by atoms with Gasteiger partial charge in [-0.05, 0) is 49.9 Å². The quantitative estimate of drug-likeness (QED) is 0.238. The van der Waals surface area contributed by atoms with E-state index < -0.39 is 24.1 Å². The van der Waals surface area contributed by atoms with E-state index in [1.807, 2.05) is 19.1 Å². The number of fused-ring (bicyclic) bond motifs is 2. The molecule has 3 heterocycles. The SMILES string of the molecule is COc1ccc(NC(=O)OC2CCCC2Oc2cc3sc(-c4cc(C)cc5nc(OC)cnc45)nc3cc2F)cn1. The molecule has 2 aromatic carbocycles. The number of pyridine rings is 1. The Labute approximate surface area is 238 Å². The third-order valence-electron chi connectivity index (χ3n) is 6.77. The summed E-state index contributed by atoms with van der Waals surface area (Å²) in [5.41, 5.74) is 4.15. The van der Waals surface area contributed by atoms with Gasteiger partial charge in [0, 0.05) is 23.8 Å². The molecule has 210 valence electrons. The first-order valence-corrected chi connectivity index (χ1v) is 13.8. The molecule has 1 aliphatic carbocycles. The number of nitrogens with zero attached hydrogens (tertiary/aromatic N) is 4. The van der Waals surface area contributed by atoms with Crippen molar-refractivity contribution in [2.75, 3.05) is 19.5 Å². The third kappa shape index (κ3) is 5.55. The number of benzene rings is 2. The van der Waals surface area contributed by atoms with Crippen LogP contribution in [0, 0.1) is 12.7 Å². The number of amides is 1. The second kappa shape index (κ2) is 11.1. The standard InChI is InChI=1S/C29H26FN5O5S/c1-15-9-17(27-20(10-15)34-26(38-3)14-32-27)28-35-19-11-18(30)23(12-24(19)41-28)39-21-5-4-6-22(21)40-29(36)33-16-7-8-25(37-2)31-13-16/h7-14,21-22H,4-6H2,1-3H3,(H,33,36). The molecular weight excluding hydrogens is 549 g/mol. The maximum Gasteiger partial charge on any atom is 0.412 e. The number of methoxy groups -OCH3 is 2. The molecule has 1 saturated carbocycles. The van der Waals surface area contributed by atoms with Gasteiger partial charge in [0.1, 0.15) is 17.2 Å². The number of anilines is 1. The summed E-state index contributed by atoms with van der Waals surface area (Å²) in [6.07, 6.45) is 3.42. The van der Waals surface area contributed by atoms with Crippen LogP contribution in [0.2, 0.25) is 0 Å². The number of hydrogen-bond acceptors (Lipinski definition) is 10. The lowest BCUT2D eigenvalue weighted by molar-refractivity contribution is 0.0401. The minimum Gasteiger partial charge on any atom is -0.483 e. The number of ether oxygens (including phenoxy) is 4. The fourth-order valence-electron chi connectivity index (χ4n) is 4.83. The number of halogens is 1. The van der Waals surface area contributed by atoms with E-state index in [1.165, 1.54) is 30.7 Å². The molecule has 6 rings (SSSR count). The Bertz CT molecular complexity index is 1750. The molecule has 1 fully saturated rings. The lowest BCUT2D eigenvalue weighted by atomic mass is 10.1. The van der Waals surface area contributed by atoms with Crippen molar-refractivity contribution in [1.82, 2.24) is 19.9 Å². The van der Waals surface area contributed by atoms with Gasteiger partial charge in [0.2, 0.25) is 11.8 Å². The van der Waals surface area contributed by atoms with Gasteiger partial charge in [0.25, 0.3) is 0 Å². The van der Waals surface area contributed by atoms with Crippen LogP contribution in [0.5, 0.6) is 17.5 Å². The normalized spacial score (nSPS) is 16.6. The first-order chi connectivity index (χ1) is 19.9. The van der Waals surface area contributed by atoms with Crippen LogP contribution in [0.3, 0.4) is 0 Å². The zero-order chi connectivity index (χ0) is 28.5. The van der Waals surface area contributed by atoms with Crippen LogP contribution in [0.1, 0.15) is 24.8 Å². The largest absolute Gasteiger partial charge is 0.483 e. The van der Waals surface area contributed by atoms with E-state index in [0.29, 0.717) is 51.8 Å². The lowest BCUT2D eigenvalue weighted by Crippen LogP contribution is -2.32. The van der Waals surface area contributed by atoms with Crippen molar-refractivity contribution in [1.29, 1.82) is 0 Å². The lowest BCUT2D eigenvalue weighted by Gasteiger charge is -2.22. The zero-order valence-corrected chi connectivity index (χ0v) is 23.3. The van der Waals surface area contributed by atoms with Crippen molar-refractivity contribution in [2.24, 2.45) is 0 Å². The highest BCUT2D eigenvalue weighted by Crippen LogP contribution is 2.38. The summed E-state index contributed by atoms with van der Waals surface area (Å²) in [5, 5.41) is 3.34. The number of carbonyl (C=O) groups excluding carboxylic acids is 1. The van der Waals surface area contributed by atoms with Crippen molar-refractivity contribution in [2.45, 2.75) is 38.4 Å². The van der Waals surface area contributed by atoms with Gasteiger partial charge in [-0.15, -0.1) is 11.3 Å². The number of thiazole rings is 1. The summed E-state index contributed by atoms with van der Waals surface area (Å²) in [6, 6.07) is 10.2. The van der Waals surface area contributed by atoms with Crippen LogP contribution in [-0.4, -0.2) is 52.5 Å². The van der Waals surface area contributed by atoms with Gasteiger partial charge in [-0.3, -0.25) is 5.32 Å². The molecule has 2 atom stereocenters. The van der Waals surface area contributed by atoms with Gasteiger partial charge in [-0.25, -0.2) is 29.1 Å². The average molecular weight is 576 g/mol. The Hall–Kier alpha value is -4.58. The maximum atomic E-state index is 15.2. The van der Waals surface area contributed by atoms with E-state index in [4.69, 9.17) is 18.9 Å².